The topological polar surface area (TPSA) is 62.2 Å². The van der Waals surface area contributed by atoms with Gasteiger partial charge >= 0.3 is 0 Å². The molecule has 2 atom stereocenters. The zero-order chi connectivity index (χ0) is 20.4. The molecule has 146 valence electrons. The summed E-state index contributed by atoms with van der Waals surface area (Å²) in [4.78, 5) is 4.21. The summed E-state index contributed by atoms with van der Waals surface area (Å²) >= 11 is 3.17. The van der Waals surface area contributed by atoms with Crippen LogP contribution < -0.4 is 4.74 Å². The third-order valence-electron chi connectivity index (χ3n) is 4.69. The van der Waals surface area contributed by atoms with Crippen molar-refractivity contribution in [3.8, 4) is 5.75 Å². The lowest BCUT2D eigenvalue weighted by Gasteiger charge is -2.29. The monoisotopic (exact) mass is 424 g/mol. The van der Waals surface area contributed by atoms with Crippen molar-refractivity contribution in [2.75, 3.05) is 0 Å². The Labute approximate surface area is 175 Å². The molecule has 0 saturated heterocycles. The molecule has 0 N–H and O–H groups in total. The van der Waals surface area contributed by atoms with Gasteiger partial charge < -0.3 is 9.29 Å². The van der Waals surface area contributed by atoms with Crippen molar-refractivity contribution in [3.63, 3.8) is 0 Å². The molecule has 2 heterocycles. The van der Waals surface area contributed by atoms with Crippen LogP contribution in [0.2, 0.25) is 0 Å². The van der Waals surface area contributed by atoms with Gasteiger partial charge in [0.25, 0.3) is 0 Å². The highest BCUT2D eigenvalue weighted by molar-refractivity contribution is 7.79. The Kier molecular flexibility index (Phi) is 5.62. The predicted octanol–water partition coefficient (Wildman–Crippen LogP) is 4.64. The Hall–Kier alpha value is -2.74. The number of rotatable bonds is 5. The zero-order valence-electron chi connectivity index (χ0n) is 15.1. The SMILES string of the molecule is O=S([O-])Cc1ccc(C2=C(c3cccnc3)C(C=S)c3ccc(F)cc3O2)cc1. The number of benzene rings is 2. The molecular weight excluding hydrogens is 409 g/mol. The van der Waals surface area contributed by atoms with Gasteiger partial charge in [0.15, 0.2) is 0 Å². The van der Waals surface area contributed by atoms with Crippen LogP contribution >= 0.6 is 12.2 Å². The number of aromatic nitrogens is 1. The van der Waals surface area contributed by atoms with E-state index < -0.39 is 16.9 Å². The van der Waals surface area contributed by atoms with E-state index in [-0.39, 0.29) is 11.7 Å². The van der Waals surface area contributed by atoms with E-state index in [2.05, 4.69) is 4.98 Å². The Bertz CT molecular complexity index is 1110. The first-order valence-corrected chi connectivity index (χ1v) is 10.5. The summed E-state index contributed by atoms with van der Waals surface area (Å²) in [6, 6.07) is 15.2. The van der Waals surface area contributed by atoms with Crippen LogP contribution in [0.15, 0.2) is 67.0 Å². The maximum Gasteiger partial charge on any atom is 0.139 e. The smallest absolute Gasteiger partial charge is 0.139 e. The van der Waals surface area contributed by atoms with Crippen LogP contribution in [0.3, 0.4) is 0 Å². The van der Waals surface area contributed by atoms with Gasteiger partial charge in [0.2, 0.25) is 0 Å². The molecule has 3 aromatic rings. The van der Waals surface area contributed by atoms with Gasteiger partial charge in [-0.2, -0.15) is 0 Å². The van der Waals surface area contributed by atoms with Gasteiger partial charge in [0.1, 0.15) is 17.3 Å². The molecule has 0 spiro atoms. The minimum atomic E-state index is -2.17. The maximum absolute atomic E-state index is 13.8. The van der Waals surface area contributed by atoms with E-state index in [0.717, 1.165) is 22.3 Å². The Morgan fingerprint density at radius 1 is 1.17 bits per heavy atom. The lowest BCUT2D eigenvalue weighted by Crippen LogP contribution is -2.15. The van der Waals surface area contributed by atoms with E-state index in [1.54, 1.807) is 48.1 Å². The van der Waals surface area contributed by atoms with E-state index in [9.17, 15) is 13.2 Å². The second kappa shape index (κ2) is 8.32. The first kappa shape index (κ1) is 19.6. The van der Waals surface area contributed by atoms with Crippen LogP contribution in [0.4, 0.5) is 4.39 Å². The highest BCUT2D eigenvalue weighted by atomic mass is 32.2. The summed E-state index contributed by atoms with van der Waals surface area (Å²) in [7, 11) is 0. The van der Waals surface area contributed by atoms with E-state index in [0.29, 0.717) is 17.1 Å². The number of allylic oxidation sites excluding steroid dienone is 1. The molecule has 0 saturated carbocycles. The van der Waals surface area contributed by atoms with E-state index in [4.69, 9.17) is 17.0 Å². The molecule has 4 nitrogen and oxygen atoms in total. The van der Waals surface area contributed by atoms with Crippen LogP contribution in [0, 0.1) is 5.82 Å². The Morgan fingerprint density at radius 3 is 2.62 bits per heavy atom. The maximum atomic E-state index is 13.8. The molecule has 0 radical (unpaired) electrons. The highest BCUT2D eigenvalue weighted by Crippen LogP contribution is 2.46. The predicted molar refractivity (Wildman–Crippen MR) is 114 cm³/mol. The largest absolute Gasteiger partial charge is 0.772 e. The van der Waals surface area contributed by atoms with Gasteiger partial charge in [0, 0.05) is 52.4 Å². The first-order valence-electron chi connectivity index (χ1n) is 8.79. The molecule has 4 rings (SSSR count). The average Bonchev–Trinajstić information content (AvgIpc) is 2.73. The molecule has 1 aliphatic heterocycles. The first-order chi connectivity index (χ1) is 14.1. The molecular formula is C22H15FNO3S2-. The van der Waals surface area contributed by atoms with Crippen molar-refractivity contribution >= 4 is 40.0 Å². The van der Waals surface area contributed by atoms with Gasteiger partial charge in [-0.3, -0.25) is 9.19 Å². The number of nitrogens with zero attached hydrogens (tertiary/aromatic N) is 1. The van der Waals surface area contributed by atoms with Crippen molar-refractivity contribution in [3.05, 3.63) is 95.1 Å². The quantitative estimate of drug-likeness (QED) is 0.441. The van der Waals surface area contributed by atoms with Crippen molar-refractivity contribution < 1.29 is 17.9 Å². The third-order valence-corrected chi connectivity index (χ3v) is 5.53. The summed E-state index contributed by atoms with van der Waals surface area (Å²) in [5.41, 5.74) is 3.85. The van der Waals surface area contributed by atoms with Gasteiger partial charge in [0.05, 0.1) is 0 Å². The fourth-order valence-corrected chi connectivity index (χ4v) is 4.14. The molecule has 0 fully saturated rings. The van der Waals surface area contributed by atoms with Crippen molar-refractivity contribution in [1.82, 2.24) is 4.98 Å². The summed E-state index contributed by atoms with van der Waals surface area (Å²) in [5.74, 6) is 0.193. The summed E-state index contributed by atoms with van der Waals surface area (Å²) in [6.45, 7) is 0. The lowest BCUT2D eigenvalue weighted by molar-refractivity contribution is 0.492. The number of fused-ring (bicyclic) bond motifs is 1. The number of halogens is 1. The summed E-state index contributed by atoms with van der Waals surface area (Å²) in [6.07, 6.45) is 3.41. The molecule has 2 aromatic carbocycles. The third kappa shape index (κ3) is 4.03. The Morgan fingerprint density at radius 2 is 1.97 bits per heavy atom. The van der Waals surface area contributed by atoms with Gasteiger partial charge in [-0.05, 0) is 23.1 Å². The van der Waals surface area contributed by atoms with Gasteiger partial charge in [-0.25, -0.2) is 4.39 Å². The lowest BCUT2D eigenvalue weighted by atomic mass is 9.84. The van der Waals surface area contributed by atoms with E-state index in [1.807, 2.05) is 12.1 Å². The number of thiocarbonyl (C=S) groups is 1. The minimum Gasteiger partial charge on any atom is -0.772 e. The molecule has 0 amide bonds. The second-order valence-corrected chi connectivity index (χ2v) is 7.70. The molecule has 2 unspecified atom stereocenters. The fourth-order valence-electron chi connectivity index (χ4n) is 3.39. The van der Waals surface area contributed by atoms with Crippen LogP contribution in [0.25, 0.3) is 11.3 Å². The van der Waals surface area contributed by atoms with Crippen molar-refractivity contribution in [2.45, 2.75) is 11.7 Å². The fraction of sp³-hybridized carbons (Fsp3) is 0.0909. The van der Waals surface area contributed by atoms with Crippen LogP contribution in [0.5, 0.6) is 5.75 Å². The van der Waals surface area contributed by atoms with E-state index >= 15 is 0 Å². The molecule has 0 aliphatic carbocycles. The summed E-state index contributed by atoms with van der Waals surface area (Å²) < 4.78 is 41.9. The molecule has 29 heavy (non-hydrogen) atoms. The molecule has 1 aromatic heterocycles. The minimum absolute atomic E-state index is 0.0632. The van der Waals surface area contributed by atoms with Crippen molar-refractivity contribution in [2.24, 2.45) is 0 Å². The van der Waals surface area contributed by atoms with Crippen molar-refractivity contribution in [1.29, 1.82) is 0 Å². The van der Waals surface area contributed by atoms with Crippen LogP contribution in [-0.4, -0.2) is 19.1 Å². The van der Waals surface area contributed by atoms with E-state index in [1.165, 1.54) is 12.1 Å². The number of hydrogen-bond donors (Lipinski definition) is 0. The Balaban J connectivity index is 1.89. The molecule has 7 heteroatoms. The average molecular weight is 424 g/mol. The number of ether oxygens (including phenoxy) is 1. The van der Waals surface area contributed by atoms with Crippen LogP contribution in [0.1, 0.15) is 28.2 Å². The standard InChI is InChI=1S/C22H16FNO3S2/c23-17-7-8-18-19(12-28)21(16-2-1-9-24-11-16)22(27-20(18)10-17)15-5-3-14(4-6-15)13-29(25)26/h1-12,19H,13H2,(H,25,26)/p-1. The number of hydrogen-bond acceptors (Lipinski definition) is 5. The van der Waals surface area contributed by atoms with Crippen LogP contribution in [-0.2, 0) is 16.8 Å². The molecule has 0 bridgehead atoms. The van der Waals surface area contributed by atoms with Gasteiger partial charge in [-0.1, -0.05) is 59.7 Å². The van der Waals surface area contributed by atoms with Gasteiger partial charge in [-0.15, -0.1) is 0 Å². The second-order valence-electron chi connectivity index (χ2n) is 6.53. The highest BCUT2D eigenvalue weighted by Gasteiger charge is 2.30. The zero-order valence-corrected chi connectivity index (χ0v) is 16.7. The number of pyridine rings is 1. The summed E-state index contributed by atoms with van der Waals surface area (Å²) in [5, 5.41) is 1.64. The normalized spacial score (nSPS) is 16.7. The molecule has 1 aliphatic rings.